The summed E-state index contributed by atoms with van der Waals surface area (Å²) in [5, 5.41) is 0. The van der Waals surface area contributed by atoms with E-state index in [0.29, 0.717) is 22.6 Å². The second kappa shape index (κ2) is 5.58. The van der Waals surface area contributed by atoms with Gasteiger partial charge in [0, 0.05) is 11.8 Å². The Hall–Kier alpha value is -2.27. The van der Waals surface area contributed by atoms with Crippen molar-refractivity contribution in [3.63, 3.8) is 0 Å². The molecule has 0 amide bonds. The maximum absolute atomic E-state index is 14.0. The van der Waals surface area contributed by atoms with E-state index in [4.69, 9.17) is 15.3 Å². The van der Waals surface area contributed by atoms with Crippen LogP contribution in [0.5, 0.6) is 5.75 Å². The standard InChI is InChI=1S/C14H15FN2O2/c1-18-13-8-10(16)7-12(15)14(13)9-3-5-11(6-4-9)17-19-2/h3-8,17H,16H2,1-2H3. The molecule has 2 aromatic carbocycles. The Bertz CT molecular complexity index is 570. The lowest BCUT2D eigenvalue weighted by atomic mass is 10.0. The molecule has 0 aliphatic rings. The number of ether oxygens (including phenoxy) is 1. The molecule has 2 rings (SSSR count). The van der Waals surface area contributed by atoms with Gasteiger partial charge < -0.3 is 10.5 Å². The third-order valence-corrected chi connectivity index (χ3v) is 2.69. The van der Waals surface area contributed by atoms with E-state index in [1.807, 2.05) is 0 Å². The summed E-state index contributed by atoms with van der Waals surface area (Å²) in [6, 6.07) is 10.00. The van der Waals surface area contributed by atoms with Crippen LogP contribution in [-0.2, 0) is 4.84 Å². The molecule has 19 heavy (non-hydrogen) atoms. The normalized spacial score (nSPS) is 10.3. The molecular weight excluding hydrogens is 247 g/mol. The highest BCUT2D eigenvalue weighted by Crippen LogP contribution is 2.35. The van der Waals surface area contributed by atoms with E-state index in [9.17, 15) is 4.39 Å². The monoisotopic (exact) mass is 262 g/mol. The maximum atomic E-state index is 14.0. The molecule has 0 heterocycles. The first-order chi connectivity index (χ1) is 9.15. The zero-order valence-corrected chi connectivity index (χ0v) is 10.7. The van der Waals surface area contributed by atoms with Gasteiger partial charge in [-0.2, -0.15) is 0 Å². The molecule has 0 unspecified atom stereocenters. The van der Waals surface area contributed by atoms with Crippen molar-refractivity contribution in [3.8, 4) is 16.9 Å². The zero-order chi connectivity index (χ0) is 13.8. The molecule has 2 aromatic rings. The Morgan fingerprint density at radius 2 is 1.79 bits per heavy atom. The molecule has 0 atom stereocenters. The lowest BCUT2D eigenvalue weighted by Crippen LogP contribution is -1.97. The summed E-state index contributed by atoms with van der Waals surface area (Å²) in [4.78, 5) is 4.79. The Kier molecular flexibility index (Phi) is 3.87. The first-order valence-electron chi connectivity index (χ1n) is 5.68. The Morgan fingerprint density at radius 1 is 1.11 bits per heavy atom. The van der Waals surface area contributed by atoms with E-state index in [-0.39, 0.29) is 0 Å². The number of hydrogen-bond donors (Lipinski definition) is 2. The summed E-state index contributed by atoms with van der Waals surface area (Å²) in [6.07, 6.45) is 0. The van der Waals surface area contributed by atoms with Gasteiger partial charge >= 0.3 is 0 Å². The molecule has 0 saturated heterocycles. The van der Waals surface area contributed by atoms with E-state index in [2.05, 4.69) is 5.48 Å². The van der Waals surface area contributed by atoms with E-state index < -0.39 is 5.82 Å². The van der Waals surface area contributed by atoms with Crippen molar-refractivity contribution in [1.29, 1.82) is 0 Å². The highest BCUT2D eigenvalue weighted by atomic mass is 19.1. The number of hydrogen-bond acceptors (Lipinski definition) is 4. The van der Waals surface area contributed by atoms with Gasteiger partial charge in [-0.15, -0.1) is 0 Å². The average molecular weight is 262 g/mol. The largest absolute Gasteiger partial charge is 0.496 e. The molecule has 0 bridgehead atoms. The van der Waals surface area contributed by atoms with Crippen molar-refractivity contribution in [1.82, 2.24) is 0 Å². The lowest BCUT2D eigenvalue weighted by molar-refractivity contribution is 0.271. The van der Waals surface area contributed by atoms with Crippen LogP contribution in [-0.4, -0.2) is 14.2 Å². The number of methoxy groups -OCH3 is 1. The van der Waals surface area contributed by atoms with Crippen LogP contribution in [0.25, 0.3) is 11.1 Å². The van der Waals surface area contributed by atoms with Crippen molar-refractivity contribution < 1.29 is 14.0 Å². The van der Waals surface area contributed by atoms with Gasteiger partial charge in [-0.25, -0.2) is 4.39 Å². The molecule has 0 aliphatic carbocycles. The lowest BCUT2D eigenvalue weighted by Gasteiger charge is -2.11. The number of nitrogens with one attached hydrogen (secondary N) is 1. The number of anilines is 2. The molecule has 5 heteroatoms. The molecule has 0 aliphatic heterocycles. The molecule has 3 N–H and O–H groups in total. The maximum Gasteiger partial charge on any atom is 0.136 e. The second-order valence-corrected chi connectivity index (χ2v) is 3.96. The average Bonchev–Trinajstić information content (AvgIpc) is 2.39. The number of benzene rings is 2. The molecule has 0 radical (unpaired) electrons. The molecular formula is C14H15FN2O2. The number of rotatable bonds is 4. The summed E-state index contributed by atoms with van der Waals surface area (Å²) < 4.78 is 19.2. The first kappa shape index (κ1) is 13.2. The molecule has 0 spiro atoms. The van der Waals surface area contributed by atoms with Crippen LogP contribution in [0.2, 0.25) is 0 Å². The summed E-state index contributed by atoms with van der Waals surface area (Å²) in [5.74, 6) is -0.00532. The van der Waals surface area contributed by atoms with Crippen molar-refractivity contribution >= 4 is 11.4 Å². The van der Waals surface area contributed by atoms with Gasteiger partial charge in [-0.3, -0.25) is 10.3 Å². The summed E-state index contributed by atoms with van der Waals surface area (Å²) >= 11 is 0. The van der Waals surface area contributed by atoms with Crippen LogP contribution < -0.4 is 16.0 Å². The quantitative estimate of drug-likeness (QED) is 0.656. The fourth-order valence-corrected chi connectivity index (χ4v) is 1.87. The SMILES string of the molecule is CONc1ccc(-c2c(F)cc(N)cc2OC)cc1. The van der Waals surface area contributed by atoms with Gasteiger partial charge in [0.05, 0.1) is 25.5 Å². The van der Waals surface area contributed by atoms with Gasteiger partial charge in [0.1, 0.15) is 11.6 Å². The Labute approximate surface area is 110 Å². The van der Waals surface area contributed by atoms with E-state index in [1.54, 1.807) is 30.3 Å². The number of halogens is 1. The third-order valence-electron chi connectivity index (χ3n) is 2.69. The van der Waals surface area contributed by atoms with Gasteiger partial charge in [0.15, 0.2) is 0 Å². The summed E-state index contributed by atoms with van der Waals surface area (Å²) in [7, 11) is 3.01. The predicted octanol–water partition coefficient (Wildman–Crippen LogP) is 3.06. The Balaban J connectivity index is 2.46. The van der Waals surface area contributed by atoms with Crippen molar-refractivity contribution in [2.45, 2.75) is 0 Å². The highest BCUT2D eigenvalue weighted by molar-refractivity contribution is 5.74. The minimum atomic E-state index is -0.413. The van der Waals surface area contributed by atoms with Gasteiger partial charge in [-0.1, -0.05) is 12.1 Å². The Morgan fingerprint density at radius 3 is 2.37 bits per heavy atom. The number of nitrogen functional groups attached to an aromatic ring is 1. The van der Waals surface area contributed by atoms with Crippen LogP contribution in [0.4, 0.5) is 15.8 Å². The molecule has 100 valence electrons. The molecule has 0 aromatic heterocycles. The highest BCUT2D eigenvalue weighted by Gasteiger charge is 2.13. The second-order valence-electron chi connectivity index (χ2n) is 3.96. The van der Waals surface area contributed by atoms with E-state index >= 15 is 0 Å². The van der Waals surface area contributed by atoms with Crippen molar-refractivity contribution in [3.05, 3.63) is 42.2 Å². The predicted molar refractivity (Wildman–Crippen MR) is 73.4 cm³/mol. The minimum absolute atomic E-state index is 0.329. The van der Waals surface area contributed by atoms with Crippen molar-refractivity contribution in [2.75, 3.05) is 25.4 Å². The van der Waals surface area contributed by atoms with Crippen LogP contribution in [0.1, 0.15) is 0 Å². The van der Waals surface area contributed by atoms with E-state index in [0.717, 1.165) is 5.69 Å². The smallest absolute Gasteiger partial charge is 0.136 e. The topological polar surface area (TPSA) is 56.5 Å². The molecule has 0 saturated carbocycles. The molecule has 4 nitrogen and oxygen atoms in total. The van der Waals surface area contributed by atoms with Gasteiger partial charge in [-0.05, 0) is 23.8 Å². The first-order valence-corrected chi connectivity index (χ1v) is 5.68. The van der Waals surface area contributed by atoms with Crippen LogP contribution in [0.15, 0.2) is 36.4 Å². The van der Waals surface area contributed by atoms with Crippen LogP contribution in [0.3, 0.4) is 0 Å². The molecule has 0 fully saturated rings. The van der Waals surface area contributed by atoms with E-state index in [1.165, 1.54) is 20.3 Å². The van der Waals surface area contributed by atoms with Crippen molar-refractivity contribution in [2.24, 2.45) is 0 Å². The van der Waals surface area contributed by atoms with Crippen LogP contribution >= 0.6 is 0 Å². The summed E-state index contributed by atoms with van der Waals surface area (Å²) in [5.41, 5.74) is 10.5. The van der Waals surface area contributed by atoms with Crippen LogP contribution in [0, 0.1) is 5.82 Å². The zero-order valence-electron chi connectivity index (χ0n) is 10.7. The third kappa shape index (κ3) is 2.77. The van der Waals surface area contributed by atoms with Gasteiger partial charge in [0.2, 0.25) is 0 Å². The number of nitrogens with two attached hydrogens (primary N) is 1. The van der Waals surface area contributed by atoms with Gasteiger partial charge in [0.25, 0.3) is 0 Å². The fourth-order valence-electron chi connectivity index (χ4n) is 1.87. The summed E-state index contributed by atoms with van der Waals surface area (Å²) in [6.45, 7) is 0. The minimum Gasteiger partial charge on any atom is -0.496 e. The fraction of sp³-hybridized carbons (Fsp3) is 0.143.